The number of thiazole rings is 1. The van der Waals surface area contributed by atoms with Gasteiger partial charge in [-0.05, 0) is 72.5 Å². The molecule has 10 nitrogen and oxygen atoms in total. The molecular formula is C34H30N2O8S. The van der Waals surface area contributed by atoms with Crippen LogP contribution in [0.25, 0.3) is 6.08 Å². The predicted molar refractivity (Wildman–Crippen MR) is 166 cm³/mol. The van der Waals surface area contributed by atoms with Crippen LogP contribution < -0.4 is 29.1 Å². The zero-order chi connectivity index (χ0) is 31.5. The van der Waals surface area contributed by atoms with Crippen LogP contribution in [-0.4, -0.2) is 35.0 Å². The van der Waals surface area contributed by atoms with Crippen LogP contribution in [0.4, 0.5) is 0 Å². The number of hydrogen-bond donors (Lipinski definition) is 1. The van der Waals surface area contributed by atoms with Crippen LogP contribution >= 0.6 is 11.3 Å². The number of aromatic nitrogens is 1. The number of carbonyl (C=O) groups excluding carboxylic acids is 1. The number of benzene rings is 3. The number of esters is 1. The number of carboxylic acids is 1. The second-order valence-electron chi connectivity index (χ2n) is 10.4. The average Bonchev–Trinajstić information content (AvgIpc) is 3.64. The molecule has 11 heteroatoms. The van der Waals surface area contributed by atoms with E-state index in [9.17, 15) is 14.4 Å². The van der Waals surface area contributed by atoms with Crippen molar-refractivity contribution in [1.29, 1.82) is 0 Å². The van der Waals surface area contributed by atoms with Crippen LogP contribution in [0.15, 0.2) is 87.8 Å². The Hall–Kier alpha value is -5.16. The molecule has 0 spiro atoms. The quantitative estimate of drug-likeness (QED) is 0.254. The Bertz CT molecular complexity index is 1970. The second-order valence-corrected chi connectivity index (χ2v) is 11.4. The minimum Gasteiger partial charge on any atom is -0.489 e. The Morgan fingerprint density at radius 1 is 1.04 bits per heavy atom. The van der Waals surface area contributed by atoms with Crippen LogP contribution in [0.5, 0.6) is 17.2 Å². The summed E-state index contributed by atoms with van der Waals surface area (Å²) in [7, 11) is 0. The molecule has 3 aromatic carbocycles. The summed E-state index contributed by atoms with van der Waals surface area (Å²) in [6.45, 7) is 4.33. The van der Waals surface area contributed by atoms with Gasteiger partial charge >= 0.3 is 11.9 Å². The number of aromatic carboxylic acids is 1. The topological polar surface area (TPSA) is 126 Å². The summed E-state index contributed by atoms with van der Waals surface area (Å²) >= 11 is 1.27. The summed E-state index contributed by atoms with van der Waals surface area (Å²) in [5, 5.41) is 9.07. The molecule has 45 heavy (non-hydrogen) atoms. The molecule has 0 bridgehead atoms. The molecule has 0 unspecified atom stereocenters. The van der Waals surface area contributed by atoms with Gasteiger partial charge in [-0.2, -0.15) is 0 Å². The summed E-state index contributed by atoms with van der Waals surface area (Å²) < 4.78 is 24.5. The fourth-order valence-corrected chi connectivity index (χ4v) is 6.26. The number of hydrogen-bond acceptors (Lipinski definition) is 9. The van der Waals surface area contributed by atoms with E-state index in [2.05, 4.69) is 0 Å². The van der Waals surface area contributed by atoms with Crippen molar-refractivity contribution >= 4 is 29.4 Å². The van der Waals surface area contributed by atoms with E-state index >= 15 is 0 Å². The molecule has 6 rings (SSSR count). The summed E-state index contributed by atoms with van der Waals surface area (Å²) in [6, 6.07) is 18.5. The molecule has 4 aromatic rings. The Morgan fingerprint density at radius 2 is 1.80 bits per heavy atom. The average molecular weight is 627 g/mol. The number of nitrogens with zero attached hydrogens (tertiary/aromatic N) is 2. The maximum atomic E-state index is 14.0. The van der Waals surface area contributed by atoms with Crippen molar-refractivity contribution in [2.75, 3.05) is 13.4 Å². The molecule has 1 aromatic heterocycles. The molecule has 3 heterocycles. The lowest BCUT2D eigenvalue weighted by Crippen LogP contribution is -2.40. The number of ether oxygens (including phenoxy) is 4. The summed E-state index contributed by atoms with van der Waals surface area (Å²) in [5.74, 6) is 0.295. The predicted octanol–water partition coefficient (Wildman–Crippen LogP) is 4.58. The molecule has 0 radical (unpaired) electrons. The van der Waals surface area contributed by atoms with Gasteiger partial charge in [0.2, 0.25) is 6.79 Å². The van der Waals surface area contributed by atoms with Crippen molar-refractivity contribution in [2.45, 2.75) is 39.3 Å². The highest BCUT2D eigenvalue weighted by atomic mass is 32.1. The largest absolute Gasteiger partial charge is 0.489 e. The lowest BCUT2D eigenvalue weighted by molar-refractivity contribution is -0.139. The zero-order valence-corrected chi connectivity index (χ0v) is 25.5. The van der Waals surface area contributed by atoms with Gasteiger partial charge in [0.1, 0.15) is 12.4 Å². The van der Waals surface area contributed by atoms with Gasteiger partial charge in [0.15, 0.2) is 16.3 Å². The third kappa shape index (κ3) is 6.12. The van der Waals surface area contributed by atoms with E-state index < -0.39 is 18.0 Å². The van der Waals surface area contributed by atoms with Gasteiger partial charge in [-0.25, -0.2) is 14.6 Å². The third-order valence-corrected chi connectivity index (χ3v) is 8.37. The van der Waals surface area contributed by atoms with Gasteiger partial charge in [0.05, 0.1) is 34.0 Å². The minimum absolute atomic E-state index is 0.104. The Labute approximate surface area is 262 Å². The molecule has 2 aliphatic rings. The van der Waals surface area contributed by atoms with Crippen LogP contribution in [0.3, 0.4) is 0 Å². The minimum atomic E-state index is -0.977. The smallest absolute Gasteiger partial charge is 0.338 e. The lowest BCUT2D eigenvalue weighted by Gasteiger charge is -2.25. The van der Waals surface area contributed by atoms with Gasteiger partial charge in [-0.15, -0.1) is 0 Å². The van der Waals surface area contributed by atoms with Crippen LogP contribution in [-0.2, 0) is 16.1 Å². The number of allylic oxidation sites excluding steroid dienone is 1. The first-order valence-electron chi connectivity index (χ1n) is 14.5. The Balaban J connectivity index is 1.34. The first kappa shape index (κ1) is 29.9. The van der Waals surface area contributed by atoms with Gasteiger partial charge in [-0.3, -0.25) is 9.36 Å². The van der Waals surface area contributed by atoms with Crippen molar-refractivity contribution in [1.82, 2.24) is 4.57 Å². The van der Waals surface area contributed by atoms with E-state index in [1.807, 2.05) is 37.3 Å². The fraction of sp³-hybridized carbons (Fsp3) is 0.235. The van der Waals surface area contributed by atoms with Crippen molar-refractivity contribution in [3.05, 3.63) is 120 Å². The molecule has 0 saturated heterocycles. The summed E-state index contributed by atoms with van der Waals surface area (Å²) in [6.07, 6.45) is 3.10. The van der Waals surface area contributed by atoms with E-state index in [-0.39, 0.29) is 31.1 Å². The first-order chi connectivity index (χ1) is 21.9. The van der Waals surface area contributed by atoms with Crippen LogP contribution in [0, 0.1) is 0 Å². The number of rotatable bonds is 10. The number of carboxylic acid groups (broad SMARTS) is 1. The summed E-state index contributed by atoms with van der Waals surface area (Å²) in [4.78, 5) is 43.8. The lowest BCUT2D eigenvalue weighted by atomic mass is 9.94. The molecule has 1 N–H and O–H groups in total. The van der Waals surface area contributed by atoms with E-state index in [4.69, 9.17) is 29.0 Å². The van der Waals surface area contributed by atoms with Gasteiger partial charge in [0.25, 0.3) is 5.56 Å². The fourth-order valence-electron chi connectivity index (χ4n) is 5.24. The molecule has 2 aliphatic heterocycles. The number of carbonyl (C=O) groups is 2. The standard InChI is InChI=1S/C34H30N2O8S/c1-3-5-25-29(33(40)41-4-2)30(23-12-15-26-27(17-23)44-19-43-26)36-31(37)28(45-34(36)35-25)16-20-8-13-24(14-9-20)42-18-21-6-10-22(11-7-21)32(38)39/h6-17,30H,3-5,18-19H2,1-2H3,(H,38,39)/b28-16+/t30-/m1/s1. The maximum absolute atomic E-state index is 14.0. The van der Waals surface area contributed by atoms with E-state index in [1.165, 1.54) is 23.5 Å². The Morgan fingerprint density at radius 3 is 2.51 bits per heavy atom. The van der Waals surface area contributed by atoms with E-state index in [0.29, 0.717) is 49.8 Å². The van der Waals surface area contributed by atoms with Crippen molar-refractivity contribution < 1.29 is 33.6 Å². The second kappa shape index (κ2) is 12.8. The molecule has 230 valence electrons. The van der Waals surface area contributed by atoms with Crippen LogP contribution in [0.1, 0.15) is 59.8 Å². The van der Waals surface area contributed by atoms with Gasteiger partial charge in [-0.1, -0.05) is 55.0 Å². The molecule has 1 atom stereocenters. The van der Waals surface area contributed by atoms with E-state index in [1.54, 1.807) is 41.8 Å². The highest BCUT2D eigenvalue weighted by molar-refractivity contribution is 7.07. The normalized spacial score (nSPS) is 15.4. The summed E-state index contributed by atoms with van der Waals surface area (Å²) in [5.41, 5.74) is 3.21. The van der Waals surface area contributed by atoms with Crippen LogP contribution in [0.2, 0.25) is 0 Å². The first-order valence-corrected chi connectivity index (χ1v) is 15.3. The highest BCUT2D eigenvalue weighted by Crippen LogP contribution is 2.38. The van der Waals surface area contributed by atoms with Crippen molar-refractivity contribution in [3.8, 4) is 17.2 Å². The molecule has 0 fully saturated rings. The zero-order valence-electron chi connectivity index (χ0n) is 24.6. The molecule has 0 aliphatic carbocycles. The third-order valence-electron chi connectivity index (χ3n) is 7.39. The SMILES string of the molecule is CCCC1=C(C(=O)OCC)[C@@H](c2ccc3c(c2)OCO3)n2c(s/c(=C/c3ccc(OCc4ccc(C(=O)O)cc4)cc3)c2=O)=N1. The Kier molecular flexibility index (Phi) is 8.52. The van der Waals surface area contributed by atoms with Gasteiger partial charge < -0.3 is 24.1 Å². The monoisotopic (exact) mass is 626 g/mol. The van der Waals surface area contributed by atoms with Crippen molar-refractivity contribution in [2.24, 2.45) is 4.99 Å². The highest BCUT2D eigenvalue weighted by Gasteiger charge is 2.35. The van der Waals surface area contributed by atoms with E-state index in [0.717, 1.165) is 17.5 Å². The molecule has 0 amide bonds. The molecule has 0 saturated carbocycles. The van der Waals surface area contributed by atoms with Gasteiger partial charge in [0, 0.05) is 0 Å². The number of fused-ring (bicyclic) bond motifs is 2. The molecular weight excluding hydrogens is 596 g/mol. The van der Waals surface area contributed by atoms with Crippen molar-refractivity contribution in [3.63, 3.8) is 0 Å². The maximum Gasteiger partial charge on any atom is 0.338 e.